The molecule has 8 nitrogen and oxygen atoms in total. The first-order valence-corrected chi connectivity index (χ1v) is 23.1. The van der Waals surface area contributed by atoms with E-state index in [-0.39, 0.29) is 37.2 Å². The second kappa shape index (κ2) is 41.3. The molecule has 0 saturated carbocycles. The van der Waals surface area contributed by atoms with Crippen LogP contribution in [0, 0.1) is 5.92 Å². The van der Waals surface area contributed by atoms with Crippen molar-refractivity contribution in [2.45, 2.75) is 214 Å². The highest BCUT2D eigenvalue weighted by Crippen LogP contribution is 2.17. The largest absolute Gasteiger partial charge is 0.508 e. The fourth-order valence-corrected chi connectivity index (χ4v) is 6.57. The zero-order valence-electron chi connectivity index (χ0n) is 36.6. The molecule has 0 radical (unpaired) electrons. The van der Waals surface area contributed by atoms with Crippen LogP contribution in [-0.2, 0) is 28.5 Å². The van der Waals surface area contributed by atoms with E-state index in [0.29, 0.717) is 19.4 Å². The molecule has 55 heavy (non-hydrogen) atoms. The monoisotopic (exact) mass is 778 g/mol. The third-order valence-electron chi connectivity index (χ3n) is 10.3. The minimum atomic E-state index is -0.651. The van der Waals surface area contributed by atoms with Gasteiger partial charge in [-0.15, -0.1) is 0 Å². The van der Waals surface area contributed by atoms with E-state index in [0.717, 1.165) is 142 Å². The van der Waals surface area contributed by atoms with E-state index in [9.17, 15) is 14.4 Å². The lowest BCUT2D eigenvalue weighted by atomic mass is 10.0. The van der Waals surface area contributed by atoms with Crippen molar-refractivity contribution in [3.8, 4) is 0 Å². The Morgan fingerprint density at radius 2 is 1.04 bits per heavy atom. The van der Waals surface area contributed by atoms with Crippen LogP contribution >= 0.6 is 0 Å². The summed E-state index contributed by atoms with van der Waals surface area (Å²) in [6, 6.07) is 0. The Hall–Kier alpha value is -2.35. The Balaban J connectivity index is 4.42. The van der Waals surface area contributed by atoms with Crippen LogP contribution in [0.5, 0.6) is 0 Å². The molecule has 1 unspecified atom stereocenters. The Morgan fingerprint density at radius 1 is 0.509 bits per heavy atom. The lowest BCUT2D eigenvalue weighted by molar-refractivity contribution is -0.150. The van der Waals surface area contributed by atoms with Crippen LogP contribution in [0.15, 0.2) is 24.3 Å². The summed E-state index contributed by atoms with van der Waals surface area (Å²) in [6.45, 7) is 14.5. The summed E-state index contributed by atoms with van der Waals surface area (Å²) in [7, 11) is 0. The van der Waals surface area contributed by atoms with Gasteiger partial charge in [0.2, 0.25) is 0 Å². The maximum Gasteiger partial charge on any atom is 0.508 e. The van der Waals surface area contributed by atoms with Crippen LogP contribution in [0.1, 0.15) is 208 Å². The number of carbonyl (C=O) groups is 3. The molecule has 0 aliphatic carbocycles. The van der Waals surface area contributed by atoms with Crippen LogP contribution in [0.2, 0.25) is 0 Å². The topological polar surface area (TPSA) is 91.4 Å². The van der Waals surface area contributed by atoms with Crippen molar-refractivity contribution >= 4 is 18.1 Å². The molecular formula is C47H87NO7. The van der Waals surface area contributed by atoms with Crippen molar-refractivity contribution in [1.82, 2.24) is 4.90 Å². The minimum absolute atomic E-state index is 0.0486. The number of esters is 2. The van der Waals surface area contributed by atoms with Gasteiger partial charge < -0.3 is 23.8 Å². The Kier molecular flexibility index (Phi) is 39.5. The first-order chi connectivity index (χ1) is 26.9. The van der Waals surface area contributed by atoms with Gasteiger partial charge in [0.25, 0.3) is 0 Å². The second-order valence-electron chi connectivity index (χ2n) is 15.4. The minimum Gasteiger partial charge on any atom is -0.465 e. The van der Waals surface area contributed by atoms with Crippen molar-refractivity contribution in [2.75, 3.05) is 39.5 Å². The Morgan fingerprint density at radius 3 is 1.64 bits per heavy atom. The summed E-state index contributed by atoms with van der Waals surface area (Å²) in [5.41, 5.74) is 0. The number of ether oxygens (including phenoxy) is 4. The van der Waals surface area contributed by atoms with Gasteiger partial charge in [0.05, 0.1) is 13.2 Å². The van der Waals surface area contributed by atoms with Crippen molar-refractivity contribution in [3.05, 3.63) is 24.3 Å². The summed E-state index contributed by atoms with van der Waals surface area (Å²) < 4.78 is 22.3. The molecule has 0 aromatic rings. The predicted octanol–water partition coefficient (Wildman–Crippen LogP) is 13.3. The number of rotatable bonds is 40. The molecule has 0 saturated heterocycles. The highest BCUT2D eigenvalue weighted by atomic mass is 16.7. The smallest absolute Gasteiger partial charge is 0.465 e. The lowest BCUT2D eigenvalue weighted by Gasteiger charge is -2.18. The van der Waals surface area contributed by atoms with E-state index in [1.807, 2.05) is 0 Å². The summed E-state index contributed by atoms with van der Waals surface area (Å²) >= 11 is 0. The normalized spacial score (nSPS) is 12.3. The van der Waals surface area contributed by atoms with Crippen LogP contribution in [0.4, 0.5) is 4.79 Å². The third-order valence-corrected chi connectivity index (χ3v) is 10.3. The molecule has 0 N–H and O–H groups in total. The van der Waals surface area contributed by atoms with Crippen LogP contribution in [0.25, 0.3) is 0 Å². The first kappa shape index (κ1) is 52.6. The highest BCUT2D eigenvalue weighted by molar-refractivity contribution is 5.69. The standard InChI is InChI=1S/C47H87NO7/c1-6-11-14-15-16-17-18-19-20-21-22-23-24-28-31-37-45(49)53-41-43(42-54-47(51)52-40-33-39-48(9-4)10-5)34-30-27-25-26-29-32-38-46(50)55-44(35-12-7-2)36-13-8-3/h16-17,19-20,43-44H,6-15,18,21-42H2,1-5H3/b17-16-,20-19-. The SMILES string of the molecule is CCCCC/C=C\C/C=C\CCCCCCCC(=O)OCC(CCCCCCCCC(=O)OC(CCCC)CCCC)COC(=O)OCCCN(CC)CC. The van der Waals surface area contributed by atoms with E-state index in [1.165, 1.54) is 38.5 Å². The molecule has 1 atom stereocenters. The number of hydrogen-bond donors (Lipinski definition) is 0. The fraction of sp³-hybridized carbons (Fsp3) is 0.851. The van der Waals surface area contributed by atoms with Crippen LogP contribution in [0.3, 0.4) is 0 Å². The van der Waals surface area contributed by atoms with Crippen molar-refractivity contribution in [2.24, 2.45) is 5.92 Å². The molecule has 0 rings (SSSR count). The fourth-order valence-electron chi connectivity index (χ4n) is 6.57. The van der Waals surface area contributed by atoms with E-state index < -0.39 is 6.16 Å². The summed E-state index contributed by atoms with van der Waals surface area (Å²) in [5, 5.41) is 0. The molecule has 0 heterocycles. The molecule has 0 aliphatic rings. The molecule has 0 aliphatic heterocycles. The van der Waals surface area contributed by atoms with Gasteiger partial charge in [0, 0.05) is 25.3 Å². The maximum atomic E-state index is 12.6. The maximum absolute atomic E-state index is 12.6. The van der Waals surface area contributed by atoms with Gasteiger partial charge in [-0.3, -0.25) is 9.59 Å². The molecule has 0 fully saturated rings. The molecule has 322 valence electrons. The quantitative estimate of drug-likeness (QED) is 0.0263. The number of carbonyl (C=O) groups excluding carboxylic acids is 3. The molecule has 0 bridgehead atoms. The molecule has 0 aromatic heterocycles. The van der Waals surface area contributed by atoms with Gasteiger partial charge in [0.15, 0.2) is 0 Å². The zero-order chi connectivity index (χ0) is 40.5. The third kappa shape index (κ3) is 37.0. The lowest BCUT2D eigenvalue weighted by Crippen LogP contribution is -2.25. The predicted molar refractivity (Wildman–Crippen MR) is 229 cm³/mol. The van der Waals surface area contributed by atoms with Crippen LogP contribution < -0.4 is 0 Å². The van der Waals surface area contributed by atoms with Gasteiger partial charge in [-0.2, -0.15) is 0 Å². The first-order valence-electron chi connectivity index (χ1n) is 23.1. The molecule has 0 amide bonds. The average molecular weight is 778 g/mol. The Bertz CT molecular complexity index is 924. The van der Waals surface area contributed by atoms with E-state index in [1.54, 1.807) is 0 Å². The van der Waals surface area contributed by atoms with Gasteiger partial charge in [-0.05, 0) is 83.7 Å². The summed E-state index contributed by atoms with van der Waals surface area (Å²) in [6.07, 6.45) is 36.2. The molecule has 8 heteroatoms. The Labute approximate surface area is 339 Å². The van der Waals surface area contributed by atoms with Crippen molar-refractivity contribution < 1.29 is 33.3 Å². The number of allylic oxidation sites excluding steroid dienone is 4. The van der Waals surface area contributed by atoms with Gasteiger partial charge in [0.1, 0.15) is 12.7 Å². The van der Waals surface area contributed by atoms with Crippen molar-refractivity contribution in [3.63, 3.8) is 0 Å². The number of unbranched alkanes of at least 4 members (excludes halogenated alkanes) is 15. The summed E-state index contributed by atoms with van der Waals surface area (Å²) in [4.78, 5) is 39.6. The van der Waals surface area contributed by atoms with Gasteiger partial charge in [-0.25, -0.2) is 4.79 Å². The molecule has 0 spiro atoms. The second-order valence-corrected chi connectivity index (χ2v) is 15.4. The molecular weight excluding hydrogens is 691 g/mol. The van der Waals surface area contributed by atoms with Crippen LogP contribution in [-0.4, -0.2) is 68.6 Å². The van der Waals surface area contributed by atoms with E-state index in [4.69, 9.17) is 18.9 Å². The van der Waals surface area contributed by atoms with E-state index >= 15 is 0 Å². The zero-order valence-corrected chi connectivity index (χ0v) is 36.6. The van der Waals surface area contributed by atoms with Crippen molar-refractivity contribution in [1.29, 1.82) is 0 Å². The highest BCUT2D eigenvalue weighted by Gasteiger charge is 2.17. The molecule has 0 aromatic carbocycles. The van der Waals surface area contributed by atoms with Gasteiger partial charge >= 0.3 is 18.1 Å². The number of nitrogens with zero attached hydrogens (tertiary/aromatic N) is 1. The van der Waals surface area contributed by atoms with E-state index in [2.05, 4.69) is 63.8 Å². The average Bonchev–Trinajstić information content (AvgIpc) is 3.19. The van der Waals surface area contributed by atoms with Gasteiger partial charge in [-0.1, -0.05) is 149 Å². The summed E-state index contributed by atoms with van der Waals surface area (Å²) in [5.74, 6) is -0.275. The number of hydrogen-bond acceptors (Lipinski definition) is 8.